The average molecular weight is 727 g/mol. The molecule has 0 saturated heterocycles. The zero-order valence-electron chi connectivity index (χ0n) is 27.4. The summed E-state index contributed by atoms with van der Waals surface area (Å²) < 4.78 is 74.1. The summed E-state index contributed by atoms with van der Waals surface area (Å²) in [7, 11) is 0. The first-order chi connectivity index (χ1) is 20.9. The Bertz CT molecular complexity index is 1490. The van der Waals surface area contributed by atoms with Gasteiger partial charge < -0.3 is 0 Å². The summed E-state index contributed by atoms with van der Waals surface area (Å²) >= 11 is 23.1. The fourth-order valence-corrected chi connectivity index (χ4v) is 5.38. The van der Waals surface area contributed by atoms with Gasteiger partial charge in [-0.25, -0.2) is 0 Å². The van der Waals surface area contributed by atoms with E-state index in [1.165, 1.54) is 59.4 Å². The van der Waals surface area contributed by atoms with Crippen LogP contribution in [0.4, 0.5) is 26.3 Å². The third-order valence-corrected chi connectivity index (χ3v) is 8.66. The molecule has 0 saturated carbocycles. The predicted octanol–water partition coefficient (Wildman–Crippen LogP) is 14.5. The molecule has 0 spiro atoms. The van der Waals surface area contributed by atoms with Gasteiger partial charge in [0.05, 0.1) is 11.1 Å². The molecule has 4 rings (SSSR count). The standard InChI is InChI=1S/2C9H8ClF3.2C9H11Cl/c2*1-5-3-7(9(11,12)13)6(2)8(10)4-5;2*1-6-4-7(2)8(3)9(10)5-6/h2*3-4H,1-2H3;2*4-5H,1-3H3. The van der Waals surface area contributed by atoms with E-state index in [1.807, 2.05) is 26.0 Å². The van der Waals surface area contributed by atoms with Gasteiger partial charge in [-0.05, 0) is 161 Å². The van der Waals surface area contributed by atoms with Crippen molar-refractivity contribution in [2.45, 2.75) is 81.6 Å². The second kappa shape index (κ2) is 17.1. The highest BCUT2D eigenvalue weighted by Gasteiger charge is 2.34. The second-order valence-corrected chi connectivity index (χ2v) is 12.8. The van der Waals surface area contributed by atoms with Crippen LogP contribution >= 0.6 is 46.4 Å². The molecule has 0 radical (unpaired) electrons. The van der Waals surface area contributed by atoms with Gasteiger partial charge in [-0.15, -0.1) is 0 Å². The van der Waals surface area contributed by atoms with Crippen LogP contribution in [0, 0.1) is 69.2 Å². The monoisotopic (exact) mass is 724 g/mol. The molecule has 0 bridgehead atoms. The van der Waals surface area contributed by atoms with Gasteiger partial charge in [0, 0.05) is 20.1 Å². The number of hydrogen-bond donors (Lipinski definition) is 0. The Kier molecular flexibility index (Phi) is 15.5. The quantitative estimate of drug-likeness (QED) is 0.158. The lowest BCUT2D eigenvalue weighted by molar-refractivity contribution is -0.138. The molecular formula is C36H38Cl4F6. The Hall–Kier alpha value is -2.38. The molecule has 0 unspecified atom stereocenters. The lowest BCUT2D eigenvalue weighted by Gasteiger charge is -2.12. The van der Waals surface area contributed by atoms with E-state index in [2.05, 4.69) is 39.8 Å². The van der Waals surface area contributed by atoms with Crippen molar-refractivity contribution in [3.8, 4) is 0 Å². The Morgan fingerprint density at radius 2 is 0.565 bits per heavy atom. The summed E-state index contributed by atoms with van der Waals surface area (Å²) in [5.41, 5.74) is 7.26. The normalized spacial score (nSPS) is 11.0. The maximum absolute atomic E-state index is 12.4. The number of benzene rings is 4. The fourth-order valence-electron chi connectivity index (χ4n) is 4.19. The summed E-state index contributed by atoms with van der Waals surface area (Å²) in [6, 6.07) is 13.5. The first-order valence-corrected chi connectivity index (χ1v) is 15.5. The molecular weight excluding hydrogens is 688 g/mol. The summed E-state index contributed by atoms with van der Waals surface area (Å²) in [4.78, 5) is 0. The Balaban J connectivity index is 0.000000309. The van der Waals surface area contributed by atoms with Gasteiger partial charge in [0.1, 0.15) is 0 Å². The zero-order chi connectivity index (χ0) is 35.9. The van der Waals surface area contributed by atoms with E-state index in [0.29, 0.717) is 11.1 Å². The smallest absolute Gasteiger partial charge is 0.166 e. The van der Waals surface area contributed by atoms with Crippen molar-refractivity contribution in [2.24, 2.45) is 0 Å². The maximum Gasteiger partial charge on any atom is 0.416 e. The Morgan fingerprint density at radius 3 is 0.783 bits per heavy atom. The molecule has 4 aromatic carbocycles. The molecule has 4 aromatic rings. The Labute approximate surface area is 288 Å². The molecule has 10 heteroatoms. The molecule has 0 N–H and O–H groups in total. The Morgan fingerprint density at radius 1 is 0.348 bits per heavy atom. The minimum Gasteiger partial charge on any atom is -0.166 e. The van der Waals surface area contributed by atoms with Crippen LogP contribution in [-0.2, 0) is 12.4 Å². The van der Waals surface area contributed by atoms with Crippen molar-refractivity contribution in [3.05, 3.63) is 135 Å². The third-order valence-electron chi connectivity index (χ3n) is 7.08. The summed E-state index contributed by atoms with van der Waals surface area (Å²) in [6.07, 6.45) is -8.64. The SMILES string of the molecule is Cc1cc(C)c(C)c(Cl)c1.Cc1cc(C)c(C)c(Cl)c1.Cc1cc(Cl)c(C)c(C(F)(F)F)c1.Cc1cc(Cl)c(C)c(C(F)(F)F)c1. The first kappa shape index (κ1) is 41.6. The molecule has 0 aliphatic heterocycles. The van der Waals surface area contributed by atoms with Crippen molar-refractivity contribution >= 4 is 46.4 Å². The highest BCUT2D eigenvalue weighted by Crippen LogP contribution is 2.36. The maximum atomic E-state index is 12.4. The van der Waals surface area contributed by atoms with Gasteiger partial charge in [0.15, 0.2) is 0 Å². The van der Waals surface area contributed by atoms with Crippen LogP contribution in [0.15, 0.2) is 48.5 Å². The number of aryl methyl sites for hydroxylation is 6. The summed E-state index contributed by atoms with van der Waals surface area (Å²) in [6.45, 7) is 18.2. The van der Waals surface area contributed by atoms with E-state index >= 15 is 0 Å². The molecule has 0 aliphatic rings. The third kappa shape index (κ3) is 12.7. The van der Waals surface area contributed by atoms with Crippen molar-refractivity contribution in [1.82, 2.24) is 0 Å². The number of halogens is 10. The van der Waals surface area contributed by atoms with Crippen molar-refractivity contribution in [3.63, 3.8) is 0 Å². The van der Waals surface area contributed by atoms with Crippen molar-refractivity contribution in [2.75, 3.05) is 0 Å². The molecule has 0 aliphatic carbocycles. The molecule has 0 aromatic heterocycles. The van der Waals surface area contributed by atoms with Gasteiger partial charge in [-0.3, -0.25) is 0 Å². The summed E-state index contributed by atoms with van der Waals surface area (Å²) in [5.74, 6) is 0. The highest BCUT2D eigenvalue weighted by molar-refractivity contribution is 6.32. The van der Waals surface area contributed by atoms with E-state index in [9.17, 15) is 26.3 Å². The van der Waals surface area contributed by atoms with Crippen LogP contribution in [0.25, 0.3) is 0 Å². The summed E-state index contributed by atoms with van der Waals surface area (Å²) in [5, 5.41) is 2.06. The van der Waals surface area contributed by atoms with E-state index in [1.54, 1.807) is 13.8 Å². The van der Waals surface area contributed by atoms with Gasteiger partial charge in [0.25, 0.3) is 0 Å². The van der Waals surface area contributed by atoms with E-state index in [0.717, 1.165) is 22.2 Å². The molecule has 0 amide bonds. The van der Waals surface area contributed by atoms with Crippen LogP contribution in [0.1, 0.15) is 66.8 Å². The molecule has 0 atom stereocenters. The zero-order valence-corrected chi connectivity index (χ0v) is 30.4. The van der Waals surface area contributed by atoms with E-state index in [4.69, 9.17) is 46.4 Å². The van der Waals surface area contributed by atoms with Gasteiger partial charge >= 0.3 is 12.4 Å². The van der Waals surface area contributed by atoms with Crippen molar-refractivity contribution < 1.29 is 26.3 Å². The highest BCUT2D eigenvalue weighted by atomic mass is 35.5. The molecule has 0 heterocycles. The average Bonchev–Trinajstić information content (AvgIpc) is 2.89. The molecule has 0 fully saturated rings. The second-order valence-electron chi connectivity index (χ2n) is 11.2. The minimum atomic E-state index is -4.32. The molecule has 0 nitrogen and oxygen atoms in total. The van der Waals surface area contributed by atoms with Crippen molar-refractivity contribution in [1.29, 1.82) is 0 Å². The minimum absolute atomic E-state index is 0.0831. The lowest BCUT2D eigenvalue weighted by Crippen LogP contribution is -2.08. The fraction of sp³-hybridized carbons (Fsp3) is 0.333. The van der Waals surface area contributed by atoms with Crippen LogP contribution in [-0.4, -0.2) is 0 Å². The van der Waals surface area contributed by atoms with Crippen LogP contribution in [0.2, 0.25) is 20.1 Å². The molecule has 252 valence electrons. The van der Waals surface area contributed by atoms with Crippen LogP contribution in [0.5, 0.6) is 0 Å². The first-order valence-electron chi connectivity index (χ1n) is 14.0. The van der Waals surface area contributed by atoms with Crippen LogP contribution in [0.3, 0.4) is 0 Å². The largest absolute Gasteiger partial charge is 0.416 e. The van der Waals surface area contributed by atoms with E-state index < -0.39 is 23.5 Å². The molecule has 46 heavy (non-hydrogen) atoms. The predicted molar refractivity (Wildman–Crippen MR) is 183 cm³/mol. The van der Waals surface area contributed by atoms with Gasteiger partial charge in [-0.2, -0.15) is 26.3 Å². The number of rotatable bonds is 0. The van der Waals surface area contributed by atoms with E-state index in [-0.39, 0.29) is 21.2 Å². The lowest BCUT2D eigenvalue weighted by atomic mass is 10.1. The van der Waals surface area contributed by atoms with Crippen LogP contribution < -0.4 is 0 Å². The van der Waals surface area contributed by atoms with Gasteiger partial charge in [-0.1, -0.05) is 58.5 Å². The topological polar surface area (TPSA) is 0 Å². The number of alkyl halides is 6. The number of hydrogen-bond acceptors (Lipinski definition) is 0. The van der Waals surface area contributed by atoms with Gasteiger partial charge in [0.2, 0.25) is 0 Å².